The van der Waals surface area contributed by atoms with Gasteiger partial charge in [0.05, 0.1) is 11.3 Å². The van der Waals surface area contributed by atoms with Gasteiger partial charge in [0, 0.05) is 27.4 Å². The Hall–Kier alpha value is -2.05. The number of rotatable bonds is 3. The molecular formula is C20H16BrNO3S. The van der Waals surface area contributed by atoms with E-state index in [0.29, 0.717) is 11.3 Å². The average Bonchev–Trinajstić information content (AvgIpc) is 3.04. The molecule has 0 bridgehead atoms. The first-order valence-corrected chi connectivity index (χ1v) is 10.2. The fourth-order valence-corrected chi connectivity index (χ4v) is 4.14. The molecule has 2 aromatic carbocycles. The minimum absolute atomic E-state index is 0.0247. The third kappa shape index (κ3) is 2.97. The van der Waals surface area contributed by atoms with Crippen LogP contribution in [0.25, 0.3) is 0 Å². The maximum atomic E-state index is 12.9. The van der Waals surface area contributed by atoms with E-state index in [1.165, 1.54) is 0 Å². The van der Waals surface area contributed by atoms with Gasteiger partial charge in [-0.3, -0.25) is 9.69 Å². The Labute approximate surface area is 164 Å². The van der Waals surface area contributed by atoms with Gasteiger partial charge in [-0.05, 0) is 48.2 Å². The van der Waals surface area contributed by atoms with E-state index in [1.54, 1.807) is 16.7 Å². The van der Waals surface area contributed by atoms with Gasteiger partial charge in [0.2, 0.25) is 5.91 Å². The lowest BCUT2D eigenvalue weighted by Crippen LogP contribution is -2.37. The summed E-state index contributed by atoms with van der Waals surface area (Å²) in [5.41, 5.74) is 2.98. The molecule has 0 radical (unpaired) electrons. The van der Waals surface area contributed by atoms with Gasteiger partial charge in [0.25, 0.3) is 0 Å². The van der Waals surface area contributed by atoms with Crippen LogP contribution >= 0.6 is 27.7 Å². The predicted octanol–water partition coefficient (Wildman–Crippen LogP) is 4.50. The molecule has 4 nitrogen and oxygen atoms in total. The first-order valence-electron chi connectivity index (χ1n) is 8.21. The van der Waals surface area contributed by atoms with Crippen LogP contribution in [0.4, 0.5) is 5.69 Å². The molecule has 0 saturated carbocycles. The van der Waals surface area contributed by atoms with Crippen molar-refractivity contribution in [2.24, 2.45) is 0 Å². The standard InChI is InChI=1S/C20H16BrNO3S/c1-26-15-8-2-12(3-9-15)16-10-18(23)22(14-6-4-13(21)5-7-14)17-11-25-20(24)19(16)17/h2-9,16H,10-11H2,1H3. The molecular weight excluding hydrogens is 414 g/mol. The van der Waals surface area contributed by atoms with E-state index >= 15 is 0 Å². The van der Waals surface area contributed by atoms with Gasteiger partial charge in [-0.25, -0.2) is 4.79 Å². The number of carbonyl (C=O) groups excluding carboxylic acids is 2. The van der Waals surface area contributed by atoms with Gasteiger partial charge in [-0.1, -0.05) is 28.1 Å². The van der Waals surface area contributed by atoms with Gasteiger partial charge in [-0.2, -0.15) is 0 Å². The lowest BCUT2D eigenvalue weighted by atomic mass is 9.84. The molecule has 1 unspecified atom stereocenters. The second kappa shape index (κ2) is 6.93. The summed E-state index contributed by atoms with van der Waals surface area (Å²) in [5.74, 6) is -0.605. The zero-order valence-electron chi connectivity index (χ0n) is 14.1. The highest BCUT2D eigenvalue weighted by molar-refractivity contribution is 9.10. The van der Waals surface area contributed by atoms with Crippen molar-refractivity contribution in [3.05, 3.63) is 69.8 Å². The number of nitrogens with zero attached hydrogens (tertiary/aromatic N) is 1. The summed E-state index contributed by atoms with van der Waals surface area (Å²) in [5, 5.41) is 0. The Morgan fingerprint density at radius 3 is 2.42 bits per heavy atom. The van der Waals surface area contributed by atoms with Crippen LogP contribution in [0.2, 0.25) is 0 Å². The Bertz CT molecular complexity index is 906. The van der Waals surface area contributed by atoms with Crippen LogP contribution in [0.5, 0.6) is 0 Å². The van der Waals surface area contributed by atoms with Crippen LogP contribution < -0.4 is 4.90 Å². The SMILES string of the molecule is CSc1ccc(C2CC(=O)N(c3ccc(Br)cc3)C3=C2C(=O)OC3)cc1. The summed E-state index contributed by atoms with van der Waals surface area (Å²) in [4.78, 5) is 28.1. The van der Waals surface area contributed by atoms with E-state index in [9.17, 15) is 9.59 Å². The van der Waals surface area contributed by atoms with Gasteiger partial charge >= 0.3 is 5.97 Å². The van der Waals surface area contributed by atoms with Crippen molar-refractivity contribution in [2.75, 3.05) is 17.8 Å². The highest BCUT2D eigenvalue weighted by Gasteiger charge is 2.42. The first-order chi connectivity index (χ1) is 12.6. The molecule has 26 heavy (non-hydrogen) atoms. The number of amides is 1. The van der Waals surface area contributed by atoms with Crippen molar-refractivity contribution in [3.63, 3.8) is 0 Å². The molecule has 0 N–H and O–H groups in total. The summed E-state index contributed by atoms with van der Waals surface area (Å²) >= 11 is 5.07. The van der Waals surface area contributed by atoms with Crippen molar-refractivity contribution >= 4 is 45.3 Å². The fourth-order valence-electron chi connectivity index (χ4n) is 3.46. The number of ether oxygens (including phenoxy) is 1. The van der Waals surface area contributed by atoms with Gasteiger partial charge in [0.15, 0.2) is 0 Å². The maximum absolute atomic E-state index is 12.9. The summed E-state index contributed by atoms with van der Waals surface area (Å²) in [6.07, 6.45) is 2.27. The van der Waals surface area contributed by atoms with E-state index in [-0.39, 0.29) is 30.8 Å². The molecule has 0 fully saturated rings. The van der Waals surface area contributed by atoms with Crippen molar-refractivity contribution in [1.82, 2.24) is 0 Å². The third-order valence-electron chi connectivity index (χ3n) is 4.72. The number of esters is 1. The fraction of sp³-hybridized carbons (Fsp3) is 0.200. The second-order valence-corrected chi connectivity index (χ2v) is 7.97. The van der Waals surface area contributed by atoms with Crippen molar-refractivity contribution in [2.45, 2.75) is 17.2 Å². The number of hydrogen-bond acceptors (Lipinski definition) is 4. The average molecular weight is 430 g/mol. The highest BCUT2D eigenvalue weighted by Crippen LogP contribution is 2.42. The van der Waals surface area contributed by atoms with E-state index in [0.717, 1.165) is 20.6 Å². The van der Waals surface area contributed by atoms with Crippen LogP contribution in [0.3, 0.4) is 0 Å². The number of carbonyl (C=O) groups is 2. The van der Waals surface area contributed by atoms with Crippen LogP contribution in [-0.2, 0) is 14.3 Å². The zero-order valence-corrected chi connectivity index (χ0v) is 16.5. The molecule has 0 aliphatic carbocycles. The van der Waals surface area contributed by atoms with Crippen LogP contribution in [0.15, 0.2) is 69.2 Å². The Morgan fingerprint density at radius 2 is 1.77 bits per heavy atom. The lowest BCUT2D eigenvalue weighted by Gasteiger charge is -2.32. The second-order valence-electron chi connectivity index (χ2n) is 6.17. The normalized spacial score (nSPS) is 19.6. The monoisotopic (exact) mass is 429 g/mol. The largest absolute Gasteiger partial charge is 0.456 e. The van der Waals surface area contributed by atoms with Crippen LogP contribution in [-0.4, -0.2) is 24.7 Å². The lowest BCUT2D eigenvalue weighted by molar-refractivity contribution is -0.136. The van der Waals surface area contributed by atoms with Crippen molar-refractivity contribution in [3.8, 4) is 0 Å². The minimum atomic E-state index is -0.325. The van der Waals surface area contributed by atoms with Crippen LogP contribution in [0.1, 0.15) is 17.9 Å². The number of thioether (sulfide) groups is 1. The van der Waals surface area contributed by atoms with E-state index in [4.69, 9.17) is 4.74 Å². The number of halogens is 1. The summed E-state index contributed by atoms with van der Waals surface area (Å²) in [7, 11) is 0. The van der Waals surface area contributed by atoms with Crippen molar-refractivity contribution < 1.29 is 14.3 Å². The zero-order chi connectivity index (χ0) is 18.3. The molecule has 1 amide bonds. The molecule has 1 atom stereocenters. The van der Waals surface area contributed by atoms with Gasteiger partial charge in [0.1, 0.15) is 6.61 Å². The Morgan fingerprint density at radius 1 is 1.08 bits per heavy atom. The predicted molar refractivity (Wildman–Crippen MR) is 105 cm³/mol. The topological polar surface area (TPSA) is 46.6 Å². The van der Waals surface area contributed by atoms with E-state index in [1.807, 2.05) is 54.8 Å². The minimum Gasteiger partial charge on any atom is -0.456 e. The number of anilines is 1. The molecule has 6 heteroatoms. The molecule has 2 aromatic rings. The third-order valence-corrected chi connectivity index (χ3v) is 5.99. The highest BCUT2D eigenvalue weighted by atomic mass is 79.9. The number of hydrogen-bond donors (Lipinski definition) is 0. The maximum Gasteiger partial charge on any atom is 0.336 e. The molecule has 2 heterocycles. The molecule has 0 spiro atoms. The van der Waals surface area contributed by atoms with Crippen molar-refractivity contribution in [1.29, 1.82) is 0 Å². The van der Waals surface area contributed by atoms with E-state index < -0.39 is 0 Å². The Balaban J connectivity index is 1.78. The van der Waals surface area contributed by atoms with Crippen LogP contribution in [0, 0.1) is 0 Å². The molecule has 2 aliphatic heterocycles. The molecule has 2 aliphatic rings. The first kappa shape index (κ1) is 17.4. The van der Waals surface area contributed by atoms with E-state index in [2.05, 4.69) is 15.9 Å². The summed E-state index contributed by atoms with van der Waals surface area (Å²) in [6, 6.07) is 15.5. The smallest absolute Gasteiger partial charge is 0.336 e. The van der Waals surface area contributed by atoms with Gasteiger partial charge < -0.3 is 4.74 Å². The number of benzene rings is 2. The molecule has 0 aromatic heterocycles. The number of cyclic esters (lactones) is 1. The molecule has 0 saturated heterocycles. The molecule has 132 valence electrons. The quantitative estimate of drug-likeness (QED) is 0.532. The van der Waals surface area contributed by atoms with Gasteiger partial charge in [-0.15, -0.1) is 11.8 Å². The summed E-state index contributed by atoms with van der Waals surface area (Å²) < 4.78 is 6.24. The Kier molecular flexibility index (Phi) is 4.63. The molecule has 4 rings (SSSR count). The summed E-state index contributed by atoms with van der Waals surface area (Å²) in [6.45, 7) is 0.134.